The molecule has 2 fully saturated rings. The van der Waals surface area contributed by atoms with Crippen LogP contribution < -0.4 is 10.7 Å². The van der Waals surface area contributed by atoms with Gasteiger partial charge < -0.3 is 5.32 Å². The van der Waals surface area contributed by atoms with E-state index in [0.29, 0.717) is 12.0 Å². The Morgan fingerprint density at radius 2 is 1.85 bits per heavy atom. The molecule has 3 atom stereocenters. The summed E-state index contributed by atoms with van der Waals surface area (Å²) < 4.78 is 0. The summed E-state index contributed by atoms with van der Waals surface area (Å²) in [7, 11) is 0. The van der Waals surface area contributed by atoms with Crippen molar-refractivity contribution in [1.29, 1.82) is 0 Å². The smallest absolute Gasteiger partial charge is 0.318 e. The number of rotatable bonds is 5. The number of hydrogen-bond donors (Lipinski definition) is 2. The van der Waals surface area contributed by atoms with Crippen LogP contribution >= 0.6 is 0 Å². The Hall–Kier alpha value is -2.63. The minimum absolute atomic E-state index is 0.105. The highest BCUT2D eigenvalue weighted by atomic mass is 16.2. The van der Waals surface area contributed by atoms with Crippen LogP contribution in [0.25, 0.3) is 0 Å². The predicted octanol–water partition coefficient (Wildman–Crippen LogP) is 3.11. The van der Waals surface area contributed by atoms with Crippen molar-refractivity contribution in [3.05, 3.63) is 47.5 Å². The van der Waals surface area contributed by atoms with Crippen molar-refractivity contribution in [3.8, 4) is 0 Å². The Morgan fingerprint density at radius 1 is 1.22 bits per heavy atom. The molecule has 1 aromatic rings. The summed E-state index contributed by atoms with van der Waals surface area (Å²) in [5, 5.41) is 3.61. The van der Waals surface area contributed by atoms with E-state index in [2.05, 4.69) is 16.8 Å². The summed E-state index contributed by atoms with van der Waals surface area (Å²) >= 11 is 0. The van der Waals surface area contributed by atoms with Gasteiger partial charge in [-0.05, 0) is 37.2 Å². The molecule has 27 heavy (non-hydrogen) atoms. The zero-order valence-electron chi connectivity index (χ0n) is 16.5. The standard InChI is InChI=1S/C21H27N3O3/c1-6-21(14-10-8-7-9-11-14)18(26)24(19(27)22-21)23-17(25)16-15(12-13(2)3)20(16,4)5/h7-12,15-16H,6H2,1-5H3,(H,22,27)(H,23,25)/t15-,16-,21-/m1/s1. The predicted molar refractivity (Wildman–Crippen MR) is 102 cm³/mol. The maximum atomic E-state index is 13.1. The Balaban J connectivity index is 1.81. The monoisotopic (exact) mass is 369 g/mol. The van der Waals surface area contributed by atoms with E-state index in [9.17, 15) is 14.4 Å². The third-order valence-corrected chi connectivity index (χ3v) is 5.82. The van der Waals surface area contributed by atoms with Gasteiger partial charge in [0, 0.05) is 0 Å². The van der Waals surface area contributed by atoms with Crippen LogP contribution in [0.5, 0.6) is 0 Å². The molecule has 3 rings (SSSR count). The fourth-order valence-corrected chi connectivity index (χ4v) is 4.07. The van der Waals surface area contributed by atoms with Gasteiger partial charge in [0.05, 0.1) is 5.92 Å². The molecule has 6 heteroatoms. The molecule has 4 amide bonds. The van der Waals surface area contributed by atoms with Gasteiger partial charge in [0.2, 0.25) is 5.91 Å². The van der Waals surface area contributed by atoms with Crippen LogP contribution in [-0.4, -0.2) is 22.9 Å². The number of amides is 4. The van der Waals surface area contributed by atoms with E-state index >= 15 is 0 Å². The van der Waals surface area contributed by atoms with Crippen LogP contribution in [-0.2, 0) is 15.1 Å². The first-order valence-electron chi connectivity index (χ1n) is 9.33. The summed E-state index contributed by atoms with van der Waals surface area (Å²) in [5.41, 5.74) is 3.07. The first kappa shape index (κ1) is 19.1. The lowest BCUT2D eigenvalue weighted by molar-refractivity contribution is -0.140. The maximum Gasteiger partial charge on any atom is 0.344 e. The topological polar surface area (TPSA) is 78.5 Å². The number of carbonyl (C=O) groups is 3. The van der Waals surface area contributed by atoms with Gasteiger partial charge in [-0.2, -0.15) is 5.01 Å². The lowest BCUT2D eigenvalue weighted by atomic mass is 9.87. The molecule has 1 saturated carbocycles. The van der Waals surface area contributed by atoms with Crippen molar-refractivity contribution in [2.75, 3.05) is 0 Å². The molecular formula is C21H27N3O3. The lowest BCUT2D eigenvalue weighted by Gasteiger charge is -2.25. The normalized spacial score (nSPS) is 28.6. The van der Waals surface area contributed by atoms with Crippen LogP contribution in [0.2, 0.25) is 0 Å². The Kier molecular flexibility index (Phi) is 4.62. The fourth-order valence-electron chi connectivity index (χ4n) is 4.07. The van der Waals surface area contributed by atoms with E-state index in [0.717, 1.165) is 10.6 Å². The highest BCUT2D eigenvalue weighted by molar-refractivity contribution is 6.08. The number of nitrogens with one attached hydrogen (secondary N) is 2. The number of allylic oxidation sites excluding steroid dienone is 2. The average Bonchev–Trinajstić information content (AvgIpc) is 3.06. The minimum Gasteiger partial charge on any atom is -0.318 e. The summed E-state index contributed by atoms with van der Waals surface area (Å²) in [6.45, 7) is 9.87. The summed E-state index contributed by atoms with van der Waals surface area (Å²) in [6, 6.07) is 8.51. The largest absolute Gasteiger partial charge is 0.344 e. The number of hydrazine groups is 1. The van der Waals surface area contributed by atoms with E-state index in [-0.39, 0.29) is 23.2 Å². The zero-order chi connectivity index (χ0) is 20.0. The van der Waals surface area contributed by atoms with Crippen LogP contribution in [0.1, 0.15) is 46.6 Å². The van der Waals surface area contributed by atoms with Crippen LogP contribution in [0.4, 0.5) is 4.79 Å². The van der Waals surface area contributed by atoms with Gasteiger partial charge in [-0.25, -0.2) is 4.79 Å². The Morgan fingerprint density at radius 3 is 2.41 bits per heavy atom. The first-order chi connectivity index (χ1) is 12.6. The van der Waals surface area contributed by atoms with E-state index in [1.165, 1.54) is 0 Å². The summed E-state index contributed by atoms with van der Waals surface area (Å²) in [6.07, 6.45) is 2.47. The van der Waals surface area contributed by atoms with E-state index < -0.39 is 17.5 Å². The van der Waals surface area contributed by atoms with E-state index in [4.69, 9.17) is 0 Å². The first-order valence-corrected chi connectivity index (χ1v) is 9.33. The van der Waals surface area contributed by atoms with Crippen LogP contribution in [0.3, 0.4) is 0 Å². The quantitative estimate of drug-likeness (QED) is 0.618. The van der Waals surface area contributed by atoms with Crippen molar-refractivity contribution in [2.24, 2.45) is 17.3 Å². The molecule has 1 aliphatic carbocycles. The second-order valence-electron chi connectivity index (χ2n) is 8.24. The number of urea groups is 1. The molecule has 6 nitrogen and oxygen atoms in total. The van der Waals surface area contributed by atoms with Gasteiger partial charge >= 0.3 is 6.03 Å². The third-order valence-electron chi connectivity index (χ3n) is 5.82. The van der Waals surface area contributed by atoms with Crippen molar-refractivity contribution in [3.63, 3.8) is 0 Å². The SMILES string of the molecule is CC[C@]1(c2ccccc2)NC(=O)N(NC(=O)[C@H]2[C@@H](C=C(C)C)C2(C)C)C1=O. The third kappa shape index (κ3) is 3.03. The van der Waals surface area contributed by atoms with E-state index in [1.54, 1.807) is 0 Å². The Labute approximate surface area is 160 Å². The molecular weight excluding hydrogens is 342 g/mol. The number of imide groups is 1. The van der Waals surface area contributed by atoms with Crippen LogP contribution in [0.15, 0.2) is 42.0 Å². The average molecular weight is 369 g/mol. The molecule has 144 valence electrons. The second kappa shape index (κ2) is 6.51. The molecule has 0 spiro atoms. The lowest BCUT2D eigenvalue weighted by Crippen LogP contribution is -2.49. The highest BCUT2D eigenvalue weighted by Gasteiger charge is 2.61. The van der Waals surface area contributed by atoms with Gasteiger partial charge in [-0.15, -0.1) is 0 Å². The van der Waals surface area contributed by atoms with Gasteiger partial charge in [0.1, 0.15) is 5.54 Å². The molecule has 2 N–H and O–H groups in total. The zero-order valence-corrected chi connectivity index (χ0v) is 16.5. The molecule has 0 aromatic heterocycles. The number of carbonyl (C=O) groups excluding carboxylic acids is 3. The number of benzene rings is 1. The molecule has 0 bridgehead atoms. The summed E-state index contributed by atoms with van der Waals surface area (Å²) in [4.78, 5) is 38.4. The van der Waals surface area contributed by atoms with Gasteiger partial charge in [-0.1, -0.05) is 62.8 Å². The molecule has 0 radical (unpaired) electrons. The summed E-state index contributed by atoms with van der Waals surface area (Å²) in [5.74, 6) is -0.910. The molecule has 0 unspecified atom stereocenters. The van der Waals surface area contributed by atoms with Gasteiger partial charge in [0.15, 0.2) is 0 Å². The Bertz CT molecular complexity index is 811. The van der Waals surface area contributed by atoms with Crippen molar-refractivity contribution < 1.29 is 14.4 Å². The second-order valence-corrected chi connectivity index (χ2v) is 8.24. The van der Waals surface area contributed by atoms with Crippen molar-refractivity contribution in [2.45, 2.75) is 46.6 Å². The minimum atomic E-state index is -1.15. The fraction of sp³-hybridized carbons (Fsp3) is 0.476. The highest BCUT2D eigenvalue weighted by Crippen LogP contribution is 2.59. The van der Waals surface area contributed by atoms with Crippen LogP contribution in [0, 0.1) is 17.3 Å². The number of hydrogen-bond acceptors (Lipinski definition) is 3. The molecule has 1 aromatic carbocycles. The number of nitrogens with zero attached hydrogens (tertiary/aromatic N) is 1. The van der Waals surface area contributed by atoms with Gasteiger partial charge in [-0.3, -0.25) is 15.0 Å². The van der Waals surface area contributed by atoms with Gasteiger partial charge in [0.25, 0.3) is 5.91 Å². The molecule has 1 aliphatic heterocycles. The maximum absolute atomic E-state index is 13.1. The van der Waals surface area contributed by atoms with E-state index in [1.807, 2.05) is 65.0 Å². The van der Waals surface area contributed by atoms with Crippen molar-refractivity contribution in [1.82, 2.24) is 15.8 Å². The molecule has 1 heterocycles. The molecule has 1 saturated heterocycles. The van der Waals surface area contributed by atoms with Crippen molar-refractivity contribution >= 4 is 17.8 Å². The molecule has 2 aliphatic rings.